The molecule has 21 heavy (non-hydrogen) atoms. The minimum atomic E-state index is -0.977. The van der Waals surface area contributed by atoms with Crippen molar-refractivity contribution in [3.63, 3.8) is 0 Å². The number of aromatic nitrogens is 4. The maximum atomic E-state index is 14.0. The van der Waals surface area contributed by atoms with Crippen LogP contribution in [0.2, 0.25) is 5.02 Å². The first-order valence-corrected chi connectivity index (χ1v) is 6.73. The van der Waals surface area contributed by atoms with E-state index >= 15 is 0 Å². The van der Waals surface area contributed by atoms with Gasteiger partial charge in [0.15, 0.2) is 5.82 Å². The fraction of sp³-hybridized carbons (Fsp3) is 0.385. The van der Waals surface area contributed by atoms with E-state index in [0.29, 0.717) is 0 Å². The lowest BCUT2D eigenvalue weighted by Gasteiger charge is -2.20. The lowest BCUT2D eigenvalue weighted by atomic mass is 10.0. The summed E-state index contributed by atoms with van der Waals surface area (Å²) in [6, 6.07) is 3.76. The first-order chi connectivity index (χ1) is 9.91. The fourth-order valence-electron chi connectivity index (χ4n) is 2.08. The van der Waals surface area contributed by atoms with Gasteiger partial charge in [-0.05, 0) is 28.5 Å². The van der Waals surface area contributed by atoms with Crippen molar-refractivity contribution in [2.24, 2.45) is 5.92 Å². The van der Waals surface area contributed by atoms with Crippen molar-refractivity contribution in [3.05, 3.63) is 29.0 Å². The molecule has 0 saturated heterocycles. The molecule has 6 nitrogen and oxygen atoms in total. The smallest absolute Gasteiger partial charge is 0.305 e. The van der Waals surface area contributed by atoms with Crippen LogP contribution in [0.4, 0.5) is 4.39 Å². The molecule has 112 valence electrons. The van der Waals surface area contributed by atoms with Gasteiger partial charge >= 0.3 is 5.97 Å². The Hall–Kier alpha value is -2.02. The third-order valence-electron chi connectivity index (χ3n) is 3.15. The number of carboxylic acids is 1. The van der Waals surface area contributed by atoms with Gasteiger partial charge in [-0.3, -0.25) is 4.79 Å². The van der Waals surface area contributed by atoms with Gasteiger partial charge in [0.25, 0.3) is 0 Å². The van der Waals surface area contributed by atoms with Crippen molar-refractivity contribution < 1.29 is 14.3 Å². The van der Waals surface area contributed by atoms with E-state index in [4.69, 9.17) is 16.7 Å². The van der Waals surface area contributed by atoms with E-state index < -0.39 is 17.8 Å². The van der Waals surface area contributed by atoms with Gasteiger partial charge in [-0.25, -0.2) is 9.07 Å². The third kappa shape index (κ3) is 3.18. The van der Waals surface area contributed by atoms with Crippen molar-refractivity contribution in [1.82, 2.24) is 20.2 Å². The molecule has 0 saturated carbocycles. The number of tetrazole rings is 1. The lowest BCUT2D eigenvalue weighted by molar-refractivity contribution is -0.138. The van der Waals surface area contributed by atoms with Crippen LogP contribution in [0, 0.1) is 11.7 Å². The van der Waals surface area contributed by atoms with Gasteiger partial charge in [0, 0.05) is 0 Å². The SMILES string of the molecule is CC(C)C(CC(=O)O)n1nnnc1-c1c(F)cccc1Cl. The number of carbonyl (C=O) groups is 1. The normalized spacial score (nSPS) is 12.6. The van der Waals surface area contributed by atoms with E-state index in [0.717, 1.165) is 0 Å². The number of halogens is 2. The molecule has 2 aromatic rings. The zero-order chi connectivity index (χ0) is 15.6. The minimum Gasteiger partial charge on any atom is -0.481 e. The minimum absolute atomic E-state index is 0.0473. The summed E-state index contributed by atoms with van der Waals surface area (Å²) in [4.78, 5) is 11.0. The van der Waals surface area contributed by atoms with E-state index in [1.54, 1.807) is 0 Å². The molecule has 1 N–H and O–H groups in total. The van der Waals surface area contributed by atoms with Gasteiger partial charge < -0.3 is 5.11 Å². The number of aliphatic carboxylic acids is 1. The summed E-state index contributed by atoms with van der Waals surface area (Å²) in [5.74, 6) is -1.46. The van der Waals surface area contributed by atoms with Crippen molar-refractivity contribution in [1.29, 1.82) is 0 Å². The molecule has 0 spiro atoms. The van der Waals surface area contributed by atoms with Crippen molar-refractivity contribution in [2.45, 2.75) is 26.3 Å². The zero-order valence-electron chi connectivity index (χ0n) is 11.5. The summed E-state index contributed by atoms with van der Waals surface area (Å²) in [6.07, 6.45) is -0.165. The highest BCUT2D eigenvalue weighted by molar-refractivity contribution is 6.33. The summed E-state index contributed by atoms with van der Waals surface area (Å²) in [6.45, 7) is 3.70. The van der Waals surface area contributed by atoms with Gasteiger partial charge in [0.2, 0.25) is 0 Å². The van der Waals surface area contributed by atoms with Gasteiger partial charge in [-0.2, -0.15) is 0 Å². The summed E-state index contributed by atoms with van der Waals surface area (Å²) in [7, 11) is 0. The molecule has 0 aliphatic carbocycles. The number of benzene rings is 1. The molecular weight excluding hydrogens is 299 g/mol. The van der Waals surface area contributed by atoms with E-state index in [1.165, 1.54) is 22.9 Å². The number of carboxylic acid groups (broad SMARTS) is 1. The Morgan fingerprint density at radius 3 is 2.76 bits per heavy atom. The number of hydrogen-bond donors (Lipinski definition) is 1. The zero-order valence-corrected chi connectivity index (χ0v) is 12.3. The monoisotopic (exact) mass is 312 g/mol. The molecule has 1 atom stereocenters. The van der Waals surface area contributed by atoms with Crippen LogP contribution in [0.3, 0.4) is 0 Å². The second-order valence-electron chi connectivity index (χ2n) is 4.95. The second kappa shape index (κ2) is 6.17. The van der Waals surface area contributed by atoms with E-state index in [2.05, 4.69) is 15.5 Å². The highest BCUT2D eigenvalue weighted by Gasteiger charge is 2.26. The summed E-state index contributed by atoms with van der Waals surface area (Å²) in [5.41, 5.74) is 0.0696. The third-order valence-corrected chi connectivity index (χ3v) is 3.46. The van der Waals surface area contributed by atoms with E-state index in [1.807, 2.05) is 13.8 Å². The van der Waals surface area contributed by atoms with Crippen LogP contribution >= 0.6 is 11.6 Å². The Labute approximate surface area is 125 Å². The van der Waals surface area contributed by atoms with Gasteiger partial charge in [0.05, 0.1) is 23.0 Å². The summed E-state index contributed by atoms with van der Waals surface area (Å²) in [5, 5.41) is 20.3. The highest BCUT2D eigenvalue weighted by atomic mass is 35.5. The lowest BCUT2D eigenvalue weighted by Crippen LogP contribution is -2.21. The summed E-state index contributed by atoms with van der Waals surface area (Å²) >= 11 is 6.02. The quantitative estimate of drug-likeness (QED) is 0.918. The highest BCUT2D eigenvalue weighted by Crippen LogP contribution is 2.32. The van der Waals surface area contributed by atoms with Crippen LogP contribution < -0.4 is 0 Å². The predicted octanol–water partition coefficient (Wildman–Crippen LogP) is 2.80. The fourth-order valence-corrected chi connectivity index (χ4v) is 2.32. The first-order valence-electron chi connectivity index (χ1n) is 6.35. The molecule has 1 heterocycles. The Balaban J connectivity index is 2.54. The molecule has 1 aromatic carbocycles. The molecule has 0 fully saturated rings. The average molecular weight is 313 g/mol. The number of rotatable bonds is 5. The van der Waals surface area contributed by atoms with Crippen LogP contribution in [0.15, 0.2) is 18.2 Å². The predicted molar refractivity (Wildman–Crippen MR) is 74.3 cm³/mol. The maximum absolute atomic E-state index is 14.0. The topological polar surface area (TPSA) is 80.9 Å². The van der Waals surface area contributed by atoms with Gasteiger partial charge in [0.1, 0.15) is 5.82 Å². The molecule has 0 amide bonds. The van der Waals surface area contributed by atoms with E-state index in [9.17, 15) is 9.18 Å². The summed E-state index contributed by atoms with van der Waals surface area (Å²) < 4.78 is 15.3. The van der Waals surface area contributed by atoms with Crippen LogP contribution in [0.1, 0.15) is 26.3 Å². The number of nitrogens with zero attached hydrogens (tertiary/aromatic N) is 4. The van der Waals surface area contributed by atoms with Crippen molar-refractivity contribution in [2.75, 3.05) is 0 Å². The van der Waals surface area contributed by atoms with Crippen molar-refractivity contribution >= 4 is 17.6 Å². The average Bonchev–Trinajstić information content (AvgIpc) is 2.84. The number of hydrogen-bond acceptors (Lipinski definition) is 4. The Kier molecular flexibility index (Phi) is 4.52. The van der Waals surface area contributed by atoms with Gasteiger partial charge in [-0.1, -0.05) is 31.5 Å². The molecule has 0 aliphatic heterocycles. The maximum Gasteiger partial charge on any atom is 0.305 e. The first kappa shape index (κ1) is 15.4. The molecule has 0 radical (unpaired) electrons. The molecular formula is C13H14ClFN4O2. The Bertz CT molecular complexity index is 639. The largest absolute Gasteiger partial charge is 0.481 e. The molecule has 1 unspecified atom stereocenters. The molecule has 0 aliphatic rings. The Morgan fingerprint density at radius 1 is 1.48 bits per heavy atom. The standard InChI is InChI=1S/C13H14ClFN4O2/c1-7(2)10(6-11(20)21)19-13(16-17-18-19)12-8(14)4-3-5-9(12)15/h3-5,7,10H,6H2,1-2H3,(H,20,21). The van der Waals surface area contributed by atoms with Crippen molar-refractivity contribution in [3.8, 4) is 11.4 Å². The molecule has 2 rings (SSSR count). The van der Waals surface area contributed by atoms with Crippen LogP contribution in [0.5, 0.6) is 0 Å². The molecule has 8 heteroatoms. The van der Waals surface area contributed by atoms with Crippen LogP contribution in [-0.4, -0.2) is 31.3 Å². The van der Waals surface area contributed by atoms with Crippen LogP contribution in [-0.2, 0) is 4.79 Å². The molecule has 0 bridgehead atoms. The van der Waals surface area contributed by atoms with Gasteiger partial charge in [-0.15, -0.1) is 5.10 Å². The molecule has 1 aromatic heterocycles. The Morgan fingerprint density at radius 2 is 2.19 bits per heavy atom. The van der Waals surface area contributed by atoms with E-state index in [-0.39, 0.29) is 28.7 Å². The second-order valence-corrected chi connectivity index (χ2v) is 5.36. The van der Waals surface area contributed by atoms with Crippen LogP contribution in [0.25, 0.3) is 11.4 Å².